The van der Waals surface area contributed by atoms with E-state index in [1.807, 2.05) is 20.8 Å². The van der Waals surface area contributed by atoms with Crippen molar-refractivity contribution >= 4 is 27.0 Å². The topological polar surface area (TPSA) is 103 Å². The van der Waals surface area contributed by atoms with Gasteiger partial charge in [0.1, 0.15) is 17.4 Å². The molecule has 32 heavy (non-hydrogen) atoms. The third-order valence-electron chi connectivity index (χ3n) is 5.28. The molecule has 0 bridgehead atoms. The highest BCUT2D eigenvalue weighted by Gasteiger charge is 2.27. The number of benzene rings is 2. The zero-order valence-electron chi connectivity index (χ0n) is 18.6. The lowest BCUT2D eigenvalue weighted by Gasteiger charge is -2.18. The highest BCUT2D eigenvalue weighted by molar-refractivity contribution is 7.89. The lowest BCUT2D eigenvalue weighted by atomic mass is 10.0. The summed E-state index contributed by atoms with van der Waals surface area (Å²) in [5, 5.41) is 0.773. The molecule has 1 atom stereocenters. The Hall–Kier alpha value is -2.97. The molecule has 2 aromatic carbocycles. The summed E-state index contributed by atoms with van der Waals surface area (Å²) in [6.45, 7) is 7.34. The highest BCUT2D eigenvalue weighted by atomic mass is 32.2. The minimum atomic E-state index is -3.91. The predicted molar refractivity (Wildman–Crippen MR) is 122 cm³/mol. The van der Waals surface area contributed by atoms with Crippen molar-refractivity contribution in [3.05, 3.63) is 69.6 Å². The average Bonchev–Trinajstić information content (AvgIpc) is 2.75. The van der Waals surface area contributed by atoms with Crippen molar-refractivity contribution in [2.24, 2.45) is 0 Å². The molecule has 170 valence electrons. The molecule has 3 rings (SSSR count). The average molecular weight is 458 g/mol. The molecule has 8 heteroatoms. The van der Waals surface area contributed by atoms with Crippen LogP contribution in [0.1, 0.15) is 43.4 Å². The first-order chi connectivity index (χ1) is 15.2. The van der Waals surface area contributed by atoms with Crippen molar-refractivity contribution in [1.29, 1.82) is 0 Å². The molecule has 0 amide bonds. The summed E-state index contributed by atoms with van der Waals surface area (Å²) in [6.07, 6.45) is 1.49. The zero-order valence-corrected chi connectivity index (χ0v) is 19.4. The van der Waals surface area contributed by atoms with Gasteiger partial charge in [-0.25, -0.2) is 18.0 Å². The van der Waals surface area contributed by atoms with Crippen LogP contribution in [0.2, 0.25) is 0 Å². The second-order valence-electron chi connectivity index (χ2n) is 7.71. The molecule has 0 unspecified atom stereocenters. The molecule has 0 spiro atoms. The Kier molecular flexibility index (Phi) is 7.16. The van der Waals surface area contributed by atoms with Gasteiger partial charge in [-0.1, -0.05) is 38.0 Å². The monoisotopic (exact) mass is 457 g/mol. The van der Waals surface area contributed by atoms with E-state index in [2.05, 4.69) is 4.72 Å². The molecule has 0 aliphatic rings. The van der Waals surface area contributed by atoms with Gasteiger partial charge in [0.15, 0.2) is 0 Å². The van der Waals surface area contributed by atoms with Crippen LogP contribution >= 0.6 is 0 Å². The van der Waals surface area contributed by atoms with E-state index >= 15 is 0 Å². The van der Waals surface area contributed by atoms with E-state index in [4.69, 9.17) is 9.15 Å². The minimum absolute atomic E-state index is 0.0766. The summed E-state index contributed by atoms with van der Waals surface area (Å²) in [6, 6.07) is 10.1. The van der Waals surface area contributed by atoms with Gasteiger partial charge < -0.3 is 9.15 Å². The summed E-state index contributed by atoms with van der Waals surface area (Å²) in [5.41, 5.74) is 2.15. The van der Waals surface area contributed by atoms with Gasteiger partial charge in [0.2, 0.25) is 10.0 Å². The largest absolute Gasteiger partial charge is 0.425 e. The first kappa shape index (κ1) is 23.7. The summed E-state index contributed by atoms with van der Waals surface area (Å²) in [7, 11) is -3.91. The minimum Gasteiger partial charge on any atom is -0.425 e. The Labute approximate surface area is 187 Å². The Bertz CT molecular complexity index is 1290. The molecular formula is C24H27NO6S. The maximum absolute atomic E-state index is 12.9. The van der Waals surface area contributed by atoms with Crippen LogP contribution in [0.25, 0.3) is 11.0 Å². The summed E-state index contributed by atoms with van der Waals surface area (Å²) < 4.78 is 38.9. The van der Waals surface area contributed by atoms with Crippen molar-refractivity contribution in [3.8, 4) is 5.75 Å². The molecule has 3 aromatic rings. The van der Waals surface area contributed by atoms with E-state index in [9.17, 15) is 18.0 Å². The lowest BCUT2D eigenvalue weighted by Crippen LogP contribution is -2.42. The molecule has 7 nitrogen and oxygen atoms in total. The number of rotatable bonds is 8. The standard InChI is InChI=1S/C24H27NO6S/c1-5-7-20(25-32(28,29)18-10-8-15(3)9-11-18)24(27)30-21-13-12-19-17(6-2)14-22(26)31-23(19)16(21)4/h8-14,20,25H,5-7H2,1-4H3/t20-/m0/s1. The van der Waals surface area contributed by atoms with Crippen LogP contribution < -0.4 is 15.1 Å². The number of carbonyl (C=O) groups excluding carboxylic acids is 1. The van der Waals surface area contributed by atoms with Crippen LogP contribution in [-0.4, -0.2) is 20.4 Å². The number of esters is 1. The Morgan fingerprint density at radius 3 is 2.41 bits per heavy atom. The number of aryl methyl sites for hydroxylation is 3. The van der Waals surface area contributed by atoms with E-state index in [0.29, 0.717) is 24.0 Å². The molecule has 0 aliphatic heterocycles. The van der Waals surface area contributed by atoms with Gasteiger partial charge in [0.05, 0.1) is 4.90 Å². The van der Waals surface area contributed by atoms with Gasteiger partial charge in [-0.2, -0.15) is 4.72 Å². The summed E-state index contributed by atoms with van der Waals surface area (Å²) in [4.78, 5) is 24.9. The molecule has 1 N–H and O–H groups in total. The van der Waals surface area contributed by atoms with Gasteiger partial charge in [0.25, 0.3) is 0 Å². The van der Waals surface area contributed by atoms with Crippen LogP contribution in [-0.2, 0) is 21.2 Å². The second kappa shape index (κ2) is 9.67. The second-order valence-corrected chi connectivity index (χ2v) is 9.42. The highest BCUT2D eigenvalue weighted by Crippen LogP contribution is 2.29. The molecule has 1 heterocycles. The maximum Gasteiger partial charge on any atom is 0.336 e. The summed E-state index contributed by atoms with van der Waals surface area (Å²) >= 11 is 0. The van der Waals surface area contributed by atoms with Crippen molar-refractivity contribution in [2.75, 3.05) is 0 Å². The van der Waals surface area contributed by atoms with E-state index in [1.54, 1.807) is 31.2 Å². The summed E-state index contributed by atoms with van der Waals surface area (Å²) in [5.74, 6) is -0.506. The van der Waals surface area contributed by atoms with Crippen molar-refractivity contribution in [2.45, 2.75) is 57.9 Å². The van der Waals surface area contributed by atoms with Crippen molar-refractivity contribution in [3.63, 3.8) is 0 Å². The smallest absolute Gasteiger partial charge is 0.336 e. The van der Waals surface area contributed by atoms with E-state index < -0.39 is 27.7 Å². The SMILES string of the molecule is CCC[C@H](NS(=O)(=O)c1ccc(C)cc1)C(=O)Oc1ccc2c(CC)cc(=O)oc2c1C. The molecular weight excluding hydrogens is 430 g/mol. The Balaban J connectivity index is 1.89. The van der Waals surface area contributed by atoms with E-state index in [0.717, 1.165) is 16.5 Å². The quantitative estimate of drug-likeness (QED) is 0.311. The van der Waals surface area contributed by atoms with Crippen LogP contribution in [0, 0.1) is 13.8 Å². The Morgan fingerprint density at radius 1 is 1.09 bits per heavy atom. The molecule has 0 fully saturated rings. The van der Waals surface area contributed by atoms with Crippen LogP contribution in [0.5, 0.6) is 5.75 Å². The van der Waals surface area contributed by atoms with Gasteiger partial charge in [-0.05, 0) is 56.5 Å². The van der Waals surface area contributed by atoms with Crippen LogP contribution in [0.15, 0.2) is 56.6 Å². The normalized spacial score (nSPS) is 12.6. The fraction of sp³-hybridized carbons (Fsp3) is 0.333. The van der Waals surface area contributed by atoms with Gasteiger partial charge in [-0.15, -0.1) is 0 Å². The molecule has 1 aromatic heterocycles. The first-order valence-corrected chi connectivity index (χ1v) is 12.0. The number of carbonyl (C=O) groups is 1. The lowest BCUT2D eigenvalue weighted by molar-refractivity contribution is -0.136. The fourth-order valence-electron chi connectivity index (χ4n) is 3.48. The number of nitrogens with one attached hydrogen (secondary N) is 1. The van der Waals surface area contributed by atoms with Crippen LogP contribution in [0.3, 0.4) is 0 Å². The fourth-order valence-corrected chi connectivity index (χ4v) is 4.70. The molecule has 0 saturated carbocycles. The maximum atomic E-state index is 12.9. The van der Waals surface area contributed by atoms with E-state index in [-0.39, 0.29) is 17.1 Å². The van der Waals surface area contributed by atoms with Gasteiger partial charge in [0, 0.05) is 17.0 Å². The number of hydrogen-bond acceptors (Lipinski definition) is 6. The molecule has 0 radical (unpaired) electrons. The van der Waals surface area contributed by atoms with Crippen molar-refractivity contribution in [1.82, 2.24) is 4.72 Å². The zero-order chi connectivity index (χ0) is 23.5. The van der Waals surface area contributed by atoms with Crippen molar-refractivity contribution < 1.29 is 22.4 Å². The van der Waals surface area contributed by atoms with Crippen LogP contribution in [0.4, 0.5) is 0 Å². The number of ether oxygens (including phenoxy) is 1. The molecule has 0 saturated heterocycles. The number of sulfonamides is 1. The number of fused-ring (bicyclic) bond motifs is 1. The third-order valence-corrected chi connectivity index (χ3v) is 6.77. The molecule has 0 aliphatic carbocycles. The predicted octanol–water partition coefficient (Wildman–Crippen LogP) is 4.02. The number of hydrogen-bond donors (Lipinski definition) is 1. The Morgan fingerprint density at radius 2 is 1.78 bits per heavy atom. The van der Waals surface area contributed by atoms with E-state index in [1.165, 1.54) is 18.2 Å². The van der Waals surface area contributed by atoms with Gasteiger partial charge in [-0.3, -0.25) is 0 Å². The third kappa shape index (κ3) is 5.08. The first-order valence-electron chi connectivity index (χ1n) is 10.5. The van der Waals surface area contributed by atoms with Gasteiger partial charge >= 0.3 is 11.6 Å².